The van der Waals surface area contributed by atoms with Crippen LogP contribution in [0.5, 0.6) is 5.75 Å². The van der Waals surface area contributed by atoms with Crippen molar-refractivity contribution in [2.75, 3.05) is 7.11 Å². The van der Waals surface area contributed by atoms with E-state index in [0.29, 0.717) is 5.56 Å². The van der Waals surface area contributed by atoms with E-state index in [4.69, 9.17) is 4.74 Å². The number of fused-ring (bicyclic) bond motifs is 3. The molecule has 0 saturated heterocycles. The third-order valence-corrected chi connectivity index (χ3v) is 6.18. The molecule has 4 heteroatoms. The Kier molecular flexibility index (Phi) is 4.12. The van der Waals surface area contributed by atoms with Crippen molar-refractivity contribution in [3.63, 3.8) is 0 Å². The zero-order valence-electron chi connectivity index (χ0n) is 16.1. The molecule has 2 aromatic heterocycles. The maximum Gasteiger partial charge on any atom is 0.119 e. The van der Waals surface area contributed by atoms with Crippen molar-refractivity contribution in [1.29, 1.82) is 5.26 Å². The van der Waals surface area contributed by atoms with Gasteiger partial charge in [-0.3, -0.25) is 0 Å². The Morgan fingerprint density at radius 1 is 0.931 bits per heavy atom. The maximum atomic E-state index is 9.45. The molecule has 0 unspecified atom stereocenters. The molecule has 2 heterocycles. The summed E-state index contributed by atoms with van der Waals surface area (Å²) in [4.78, 5) is 1.15. The Morgan fingerprint density at radius 2 is 1.72 bits per heavy atom. The number of benzene rings is 3. The van der Waals surface area contributed by atoms with E-state index in [1.165, 1.54) is 10.9 Å². The molecule has 0 fully saturated rings. The molecular formula is C25H18N2OS. The van der Waals surface area contributed by atoms with E-state index in [1.54, 1.807) is 18.4 Å². The molecule has 140 valence electrons. The van der Waals surface area contributed by atoms with E-state index >= 15 is 0 Å². The minimum absolute atomic E-state index is 0.662. The van der Waals surface area contributed by atoms with Crippen LogP contribution < -0.4 is 4.74 Å². The second-order valence-corrected chi connectivity index (χ2v) is 8.01. The summed E-state index contributed by atoms with van der Waals surface area (Å²) in [7, 11) is 1.70. The molecule has 0 saturated carbocycles. The molecule has 0 aliphatic rings. The van der Waals surface area contributed by atoms with Gasteiger partial charge in [-0.15, -0.1) is 11.3 Å². The fraction of sp³-hybridized carbons (Fsp3) is 0.0800. The largest absolute Gasteiger partial charge is 0.497 e. The molecule has 5 aromatic rings. The molecule has 5 rings (SSSR count). The Hall–Kier alpha value is -3.55. The molecule has 0 bridgehead atoms. The molecule has 3 aromatic carbocycles. The number of aryl methyl sites for hydroxylation is 1. The van der Waals surface area contributed by atoms with Crippen molar-refractivity contribution < 1.29 is 4.74 Å². The molecule has 0 aliphatic carbocycles. The normalized spacial score (nSPS) is 11.1. The van der Waals surface area contributed by atoms with Crippen LogP contribution in [0.4, 0.5) is 0 Å². The third kappa shape index (κ3) is 2.79. The number of methoxy groups -OCH3 is 1. The van der Waals surface area contributed by atoms with Crippen molar-refractivity contribution in [2.24, 2.45) is 0 Å². The topological polar surface area (TPSA) is 38.0 Å². The highest BCUT2D eigenvalue weighted by molar-refractivity contribution is 7.13. The zero-order valence-corrected chi connectivity index (χ0v) is 17.0. The highest BCUT2D eigenvalue weighted by Gasteiger charge is 2.17. The van der Waals surface area contributed by atoms with Crippen LogP contribution in [0.15, 0.2) is 72.1 Å². The minimum Gasteiger partial charge on any atom is -0.497 e. The Labute approximate surface area is 173 Å². The van der Waals surface area contributed by atoms with Crippen LogP contribution in [-0.2, 0) is 0 Å². The zero-order chi connectivity index (χ0) is 20.0. The quantitative estimate of drug-likeness (QED) is 0.341. The summed E-state index contributed by atoms with van der Waals surface area (Å²) in [6, 6.07) is 25.1. The summed E-state index contributed by atoms with van der Waals surface area (Å²) < 4.78 is 7.78. The van der Waals surface area contributed by atoms with E-state index in [-0.39, 0.29) is 0 Å². The fourth-order valence-corrected chi connectivity index (χ4v) is 4.68. The summed E-state index contributed by atoms with van der Waals surface area (Å²) in [5, 5.41) is 13.9. The van der Waals surface area contributed by atoms with E-state index < -0.39 is 0 Å². The first kappa shape index (κ1) is 17.5. The van der Waals surface area contributed by atoms with Gasteiger partial charge in [0.15, 0.2) is 0 Å². The van der Waals surface area contributed by atoms with E-state index in [9.17, 15) is 5.26 Å². The number of ether oxygens (including phenoxy) is 1. The van der Waals surface area contributed by atoms with Crippen LogP contribution >= 0.6 is 11.3 Å². The first-order valence-corrected chi connectivity index (χ1v) is 10.2. The highest BCUT2D eigenvalue weighted by atomic mass is 32.1. The van der Waals surface area contributed by atoms with Gasteiger partial charge in [0.1, 0.15) is 5.75 Å². The summed E-state index contributed by atoms with van der Waals surface area (Å²) >= 11 is 1.68. The van der Waals surface area contributed by atoms with Gasteiger partial charge in [0.2, 0.25) is 0 Å². The van der Waals surface area contributed by atoms with Crippen molar-refractivity contribution in [3.05, 3.63) is 83.2 Å². The van der Waals surface area contributed by atoms with Crippen LogP contribution in [-0.4, -0.2) is 11.7 Å². The molecule has 0 spiro atoms. The lowest BCUT2D eigenvalue weighted by molar-refractivity contribution is 0.415. The number of hydrogen-bond acceptors (Lipinski definition) is 3. The molecule has 0 N–H and O–H groups in total. The Morgan fingerprint density at radius 3 is 2.45 bits per heavy atom. The number of aromatic nitrogens is 1. The number of rotatable bonds is 3. The van der Waals surface area contributed by atoms with Gasteiger partial charge in [-0.25, -0.2) is 0 Å². The fourth-order valence-electron chi connectivity index (χ4n) is 3.93. The first-order chi connectivity index (χ1) is 14.2. The van der Waals surface area contributed by atoms with Crippen LogP contribution in [0.25, 0.3) is 37.9 Å². The second-order valence-electron chi connectivity index (χ2n) is 7.06. The molecule has 29 heavy (non-hydrogen) atoms. The predicted octanol–water partition coefficient (Wildman–Crippen LogP) is 6.70. The molecule has 0 aliphatic heterocycles. The molecular weight excluding hydrogens is 376 g/mol. The van der Waals surface area contributed by atoms with Crippen LogP contribution in [0.3, 0.4) is 0 Å². The van der Waals surface area contributed by atoms with Gasteiger partial charge in [-0.2, -0.15) is 5.26 Å². The lowest BCUT2D eigenvalue weighted by atomic mass is 10.1. The number of nitriles is 1. The van der Waals surface area contributed by atoms with Gasteiger partial charge >= 0.3 is 0 Å². The predicted molar refractivity (Wildman–Crippen MR) is 120 cm³/mol. The van der Waals surface area contributed by atoms with Crippen molar-refractivity contribution >= 4 is 33.1 Å². The molecule has 0 radical (unpaired) electrons. The third-order valence-electron chi connectivity index (χ3n) is 5.28. The number of thiophene rings is 1. The summed E-state index contributed by atoms with van der Waals surface area (Å²) in [6.45, 7) is 2.11. The van der Waals surface area contributed by atoms with Gasteiger partial charge in [-0.1, -0.05) is 17.7 Å². The van der Waals surface area contributed by atoms with Crippen molar-refractivity contribution in [1.82, 2.24) is 4.57 Å². The number of hydrogen-bond donors (Lipinski definition) is 0. The summed E-state index contributed by atoms with van der Waals surface area (Å²) in [6.07, 6.45) is 0. The first-order valence-electron chi connectivity index (χ1n) is 9.37. The lowest BCUT2D eigenvalue weighted by Crippen LogP contribution is -1.97. The smallest absolute Gasteiger partial charge is 0.119 e. The summed E-state index contributed by atoms with van der Waals surface area (Å²) in [5.74, 6) is 0.844. The highest BCUT2D eigenvalue weighted by Crippen LogP contribution is 2.39. The maximum absolute atomic E-state index is 9.45. The average molecular weight is 394 g/mol. The lowest BCUT2D eigenvalue weighted by Gasteiger charge is -2.13. The van der Waals surface area contributed by atoms with Gasteiger partial charge in [0, 0.05) is 21.2 Å². The minimum atomic E-state index is 0.662. The summed E-state index contributed by atoms with van der Waals surface area (Å²) in [5.41, 5.74) is 6.28. The standard InChI is InChI=1S/C25H18N2OS/c1-16-5-8-22-19(12-16)20-14-18(28-2)7-10-23(20)27(22)24-9-6-17(15-26)13-21(24)25-4-3-11-29-25/h3-14H,1-2H3. The van der Waals surface area contributed by atoms with E-state index in [1.807, 2.05) is 24.3 Å². The van der Waals surface area contributed by atoms with Gasteiger partial charge in [-0.05, 0) is 66.9 Å². The van der Waals surface area contributed by atoms with E-state index in [0.717, 1.165) is 38.3 Å². The van der Waals surface area contributed by atoms with Gasteiger partial charge < -0.3 is 9.30 Å². The van der Waals surface area contributed by atoms with Crippen LogP contribution in [0, 0.1) is 18.3 Å². The number of nitrogens with zero attached hydrogens (tertiary/aromatic N) is 2. The molecule has 0 atom stereocenters. The second kappa shape index (κ2) is 6.80. The van der Waals surface area contributed by atoms with Gasteiger partial charge in [0.25, 0.3) is 0 Å². The van der Waals surface area contributed by atoms with Crippen molar-refractivity contribution in [2.45, 2.75) is 6.92 Å². The Bertz CT molecular complexity index is 1400. The van der Waals surface area contributed by atoms with Crippen LogP contribution in [0.1, 0.15) is 11.1 Å². The average Bonchev–Trinajstić information content (AvgIpc) is 3.39. The van der Waals surface area contributed by atoms with E-state index in [2.05, 4.69) is 65.4 Å². The monoisotopic (exact) mass is 394 g/mol. The van der Waals surface area contributed by atoms with Crippen LogP contribution in [0.2, 0.25) is 0 Å². The Balaban J connectivity index is 1.92. The molecule has 3 nitrogen and oxygen atoms in total. The van der Waals surface area contributed by atoms with Gasteiger partial charge in [0.05, 0.1) is 35.5 Å². The van der Waals surface area contributed by atoms with Crippen molar-refractivity contribution in [3.8, 4) is 27.9 Å². The molecule has 0 amide bonds. The SMILES string of the molecule is COc1ccc2c(c1)c1cc(C)ccc1n2-c1ccc(C#N)cc1-c1cccs1.